The van der Waals surface area contributed by atoms with Gasteiger partial charge in [0.1, 0.15) is 0 Å². The number of hydrogen-bond donors (Lipinski definition) is 0. The number of fused-ring (bicyclic) bond motifs is 3. The molecule has 3 heterocycles. The third-order valence-electron chi connectivity index (χ3n) is 10.1. The van der Waals surface area contributed by atoms with Gasteiger partial charge in [-0.05, 0) is 77.9 Å². The Hall–Kier alpha value is -7.70. The molecule has 0 saturated heterocycles. The van der Waals surface area contributed by atoms with Gasteiger partial charge in [0, 0.05) is 50.7 Å². The summed E-state index contributed by atoms with van der Waals surface area (Å²) in [6.45, 7) is 0. The summed E-state index contributed by atoms with van der Waals surface area (Å²) >= 11 is 0. The van der Waals surface area contributed by atoms with Gasteiger partial charge in [0.2, 0.25) is 5.95 Å². The van der Waals surface area contributed by atoms with Crippen molar-refractivity contribution in [3.8, 4) is 51.1 Å². The van der Waals surface area contributed by atoms with Gasteiger partial charge in [-0.15, -0.1) is 0 Å². The van der Waals surface area contributed by atoms with Crippen molar-refractivity contribution in [1.82, 2.24) is 24.5 Å². The van der Waals surface area contributed by atoms with Crippen LogP contribution in [0.4, 0.5) is 17.1 Å². The highest BCUT2D eigenvalue weighted by atomic mass is 15.2. The van der Waals surface area contributed by atoms with Crippen LogP contribution in [0, 0.1) is 0 Å². The predicted octanol–water partition coefficient (Wildman–Crippen LogP) is 12.5. The first-order valence-electron chi connectivity index (χ1n) is 18.6. The molecule has 0 bridgehead atoms. The molecule has 0 spiro atoms. The second-order valence-electron chi connectivity index (χ2n) is 13.6. The molecule has 0 aliphatic heterocycles. The molecule has 6 nitrogen and oxygen atoms in total. The topological polar surface area (TPSA) is 59.7 Å². The van der Waals surface area contributed by atoms with Crippen molar-refractivity contribution in [2.75, 3.05) is 4.90 Å². The summed E-state index contributed by atoms with van der Waals surface area (Å²) in [4.78, 5) is 22.1. The summed E-state index contributed by atoms with van der Waals surface area (Å²) in [7, 11) is 0. The molecule has 0 N–H and O–H groups in total. The van der Waals surface area contributed by atoms with E-state index in [4.69, 9.17) is 15.0 Å². The monoisotopic (exact) mass is 718 g/mol. The number of nitrogens with zero attached hydrogens (tertiary/aromatic N) is 6. The third-order valence-corrected chi connectivity index (χ3v) is 10.1. The molecule has 0 aliphatic rings. The second-order valence-corrected chi connectivity index (χ2v) is 13.6. The predicted molar refractivity (Wildman–Crippen MR) is 228 cm³/mol. The first-order valence-corrected chi connectivity index (χ1v) is 18.6. The van der Waals surface area contributed by atoms with E-state index in [2.05, 4.69) is 154 Å². The average molecular weight is 719 g/mol. The maximum absolute atomic E-state index is 5.15. The van der Waals surface area contributed by atoms with Crippen LogP contribution in [0.1, 0.15) is 0 Å². The number of hydrogen-bond acceptors (Lipinski definition) is 5. The number of rotatable bonds is 8. The fourth-order valence-electron chi connectivity index (χ4n) is 7.41. The summed E-state index contributed by atoms with van der Waals surface area (Å²) in [5, 5.41) is 2.25. The lowest BCUT2D eigenvalue weighted by Crippen LogP contribution is -2.09. The average Bonchev–Trinajstić information content (AvgIpc) is 3.62. The van der Waals surface area contributed by atoms with Crippen LogP contribution in [-0.2, 0) is 0 Å². The summed E-state index contributed by atoms with van der Waals surface area (Å²) in [6.07, 6.45) is 1.81. The van der Waals surface area contributed by atoms with Crippen LogP contribution in [0.15, 0.2) is 206 Å². The van der Waals surface area contributed by atoms with E-state index in [9.17, 15) is 0 Å². The molecule has 0 aliphatic carbocycles. The van der Waals surface area contributed by atoms with Crippen molar-refractivity contribution in [2.24, 2.45) is 0 Å². The highest BCUT2D eigenvalue weighted by Gasteiger charge is 2.19. The number of aromatic nitrogens is 5. The molecule has 0 atom stereocenters. The number of benzene rings is 7. The highest BCUT2D eigenvalue weighted by molar-refractivity contribution is 6.10. The molecule has 6 heteroatoms. The van der Waals surface area contributed by atoms with Crippen LogP contribution in [0.25, 0.3) is 72.9 Å². The van der Waals surface area contributed by atoms with Crippen molar-refractivity contribution in [1.29, 1.82) is 0 Å². The van der Waals surface area contributed by atoms with Crippen LogP contribution in [0.5, 0.6) is 0 Å². The van der Waals surface area contributed by atoms with Gasteiger partial charge < -0.3 is 4.90 Å². The van der Waals surface area contributed by atoms with Crippen LogP contribution < -0.4 is 4.90 Å². The Labute approximate surface area is 324 Å². The summed E-state index contributed by atoms with van der Waals surface area (Å²) in [5.74, 6) is 1.78. The second kappa shape index (κ2) is 14.3. The number of anilines is 3. The van der Waals surface area contributed by atoms with Gasteiger partial charge in [-0.1, -0.05) is 133 Å². The van der Waals surface area contributed by atoms with Gasteiger partial charge in [-0.2, -0.15) is 9.97 Å². The lowest BCUT2D eigenvalue weighted by Gasteiger charge is -2.25. The van der Waals surface area contributed by atoms with E-state index >= 15 is 0 Å². The molecule has 3 aromatic heterocycles. The molecule has 264 valence electrons. The molecule has 10 rings (SSSR count). The van der Waals surface area contributed by atoms with E-state index in [1.54, 1.807) is 0 Å². The molecule has 0 unspecified atom stereocenters. The minimum Gasteiger partial charge on any atom is -0.311 e. The molecule has 0 radical (unpaired) electrons. The molecule has 7 aromatic carbocycles. The Balaban J connectivity index is 1.07. The molecule has 0 saturated carbocycles. The Morgan fingerprint density at radius 3 is 1.54 bits per heavy atom. The minimum atomic E-state index is 0.563. The smallest absolute Gasteiger partial charge is 0.238 e. The van der Waals surface area contributed by atoms with Crippen molar-refractivity contribution in [2.45, 2.75) is 0 Å². The van der Waals surface area contributed by atoms with Gasteiger partial charge in [0.05, 0.1) is 16.7 Å². The maximum Gasteiger partial charge on any atom is 0.238 e. The standard InChI is InChI=1S/C50H34N6/c1-4-14-37(15-5-1)48-52-49(38-25-23-36(24-26-38)45-21-12-13-33-51-45)54-50(53-48)56-46-22-11-10-20-43(46)44-34-39(29-32-47(44)56)35-27-30-42(31-28-35)55(40-16-6-2-7-17-40)41-18-8-3-9-19-41/h1-34H. The fraction of sp³-hybridized carbons (Fsp3) is 0. The molecular weight excluding hydrogens is 685 g/mol. The molecule has 0 amide bonds. The van der Waals surface area contributed by atoms with Crippen LogP contribution >= 0.6 is 0 Å². The van der Waals surface area contributed by atoms with Crippen molar-refractivity contribution in [3.63, 3.8) is 0 Å². The van der Waals surface area contributed by atoms with E-state index < -0.39 is 0 Å². The van der Waals surface area contributed by atoms with Crippen molar-refractivity contribution < 1.29 is 0 Å². The number of pyridine rings is 1. The van der Waals surface area contributed by atoms with E-state index in [0.29, 0.717) is 17.6 Å². The normalized spacial score (nSPS) is 11.2. The fourth-order valence-corrected chi connectivity index (χ4v) is 7.41. The summed E-state index contributed by atoms with van der Waals surface area (Å²) < 4.78 is 2.16. The number of para-hydroxylation sites is 3. The molecule has 0 fully saturated rings. The van der Waals surface area contributed by atoms with Gasteiger partial charge in [-0.3, -0.25) is 9.55 Å². The largest absolute Gasteiger partial charge is 0.311 e. The zero-order chi connectivity index (χ0) is 37.3. The van der Waals surface area contributed by atoms with E-state index in [-0.39, 0.29) is 0 Å². The Kier molecular flexibility index (Phi) is 8.39. The van der Waals surface area contributed by atoms with Crippen molar-refractivity contribution >= 4 is 38.9 Å². The zero-order valence-corrected chi connectivity index (χ0v) is 30.3. The first kappa shape index (κ1) is 32.9. The quantitative estimate of drug-likeness (QED) is 0.157. The third kappa shape index (κ3) is 6.15. The molecular formula is C50H34N6. The minimum absolute atomic E-state index is 0.563. The highest BCUT2D eigenvalue weighted by Crippen LogP contribution is 2.38. The zero-order valence-electron chi connectivity index (χ0n) is 30.3. The lowest BCUT2D eigenvalue weighted by molar-refractivity contribution is 0.953. The Morgan fingerprint density at radius 1 is 0.357 bits per heavy atom. The van der Waals surface area contributed by atoms with E-state index in [1.165, 1.54) is 0 Å². The van der Waals surface area contributed by atoms with Gasteiger partial charge in [0.15, 0.2) is 11.6 Å². The van der Waals surface area contributed by atoms with Crippen LogP contribution in [0.2, 0.25) is 0 Å². The van der Waals surface area contributed by atoms with E-state index in [1.807, 2.05) is 66.9 Å². The maximum atomic E-state index is 5.15. The first-order chi connectivity index (χ1) is 27.8. The van der Waals surface area contributed by atoms with Gasteiger partial charge in [-0.25, -0.2) is 4.98 Å². The molecule has 56 heavy (non-hydrogen) atoms. The van der Waals surface area contributed by atoms with Crippen LogP contribution in [0.3, 0.4) is 0 Å². The van der Waals surface area contributed by atoms with Gasteiger partial charge >= 0.3 is 0 Å². The van der Waals surface area contributed by atoms with Crippen LogP contribution in [-0.4, -0.2) is 24.5 Å². The van der Waals surface area contributed by atoms with Gasteiger partial charge in [0.25, 0.3) is 0 Å². The SMILES string of the molecule is c1ccc(-c2nc(-c3ccc(-c4ccccn4)cc3)nc(-n3c4ccccc4c4cc(-c5ccc(N(c6ccccc6)c6ccccc6)cc5)ccc43)n2)cc1. The van der Waals surface area contributed by atoms with E-state index in [0.717, 1.165) is 72.4 Å². The Morgan fingerprint density at radius 2 is 0.875 bits per heavy atom. The summed E-state index contributed by atoms with van der Waals surface area (Å²) in [5.41, 5.74) is 11.4. The summed E-state index contributed by atoms with van der Waals surface area (Å²) in [6, 6.07) is 69.2. The lowest BCUT2D eigenvalue weighted by atomic mass is 10.0. The Bertz CT molecular complexity index is 2890. The van der Waals surface area contributed by atoms with Crippen molar-refractivity contribution in [3.05, 3.63) is 206 Å². The molecule has 10 aromatic rings.